The molecule has 148 valence electrons. The van der Waals surface area contributed by atoms with Gasteiger partial charge in [0.15, 0.2) is 0 Å². The Morgan fingerprint density at radius 3 is 2.74 bits per heavy atom. The van der Waals surface area contributed by atoms with Gasteiger partial charge in [-0.05, 0) is 62.7 Å². The molecule has 2 saturated carbocycles. The second kappa shape index (κ2) is 4.98. The van der Waals surface area contributed by atoms with Gasteiger partial charge in [0.25, 0.3) is 0 Å². The monoisotopic (exact) mass is 373 g/mol. The van der Waals surface area contributed by atoms with Crippen LogP contribution in [0.5, 0.6) is 0 Å². The first-order chi connectivity index (χ1) is 12.9. The van der Waals surface area contributed by atoms with Crippen LogP contribution in [-0.2, 0) is 4.79 Å². The number of hydrogen-bond donors (Lipinski definition) is 3. The largest absolute Gasteiger partial charge is 0.481 e. The molecule has 6 aliphatic rings. The van der Waals surface area contributed by atoms with E-state index >= 15 is 0 Å². The Morgan fingerprint density at radius 2 is 2.00 bits per heavy atom. The van der Waals surface area contributed by atoms with Crippen molar-refractivity contribution in [2.24, 2.45) is 40.4 Å². The van der Waals surface area contributed by atoms with Crippen molar-refractivity contribution in [2.75, 3.05) is 19.7 Å². The van der Waals surface area contributed by atoms with Crippen LogP contribution < -0.4 is 0 Å². The first-order valence-electron chi connectivity index (χ1n) is 10.9. The van der Waals surface area contributed by atoms with Crippen molar-refractivity contribution in [2.45, 2.75) is 57.6 Å². The Balaban J connectivity index is 1.68. The van der Waals surface area contributed by atoms with Gasteiger partial charge in [-0.3, -0.25) is 9.69 Å². The lowest BCUT2D eigenvalue weighted by Crippen LogP contribution is -2.75. The number of aliphatic carboxylic acids is 1. The molecule has 3 N–H and O–H groups in total. The highest BCUT2D eigenvalue weighted by Crippen LogP contribution is 2.79. The van der Waals surface area contributed by atoms with Crippen molar-refractivity contribution < 1.29 is 20.1 Å². The molecular formula is C22H31NO4. The highest BCUT2D eigenvalue weighted by atomic mass is 16.4. The Kier molecular flexibility index (Phi) is 3.13. The second-order valence-corrected chi connectivity index (χ2v) is 10.5. The third-order valence-corrected chi connectivity index (χ3v) is 10.2. The second-order valence-electron chi connectivity index (χ2n) is 10.5. The molecule has 0 amide bonds. The maximum absolute atomic E-state index is 12.5. The van der Waals surface area contributed by atoms with Gasteiger partial charge < -0.3 is 15.3 Å². The van der Waals surface area contributed by atoms with E-state index < -0.39 is 23.0 Å². The molecule has 4 aliphatic carbocycles. The van der Waals surface area contributed by atoms with E-state index in [1.165, 1.54) is 11.1 Å². The van der Waals surface area contributed by atoms with Crippen LogP contribution in [0.1, 0.15) is 51.9 Å². The van der Waals surface area contributed by atoms with Gasteiger partial charge in [0.2, 0.25) is 0 Å². The minimum Gasteiger partial charge on any atom is -0.481 e. The molecule has 2 heterocycles. The Labute approximate surface area is 160 Å². The maximum atomic E-state index is 12.5. The minimum absolute atomic E-state index is 0.0702. The van der Waals surface area contributed by atoms with Crippen molar-refractivity contribution in [3.8, 4) is 0 Å². The van der Waals surface area contributed by atoms with E-state index in [1.54, 1.807) is 0 Å². The zero-order valence-electron chi connectivity index (χ0n) is 16.2. The lowest BCUT2D eigenvalue weighted by Gasteiger charge is -2.69. The van der Waals surface area contributed by atoms with Crippen LogP contribution in [0.2, 0.25) is 0 Å². The molecule has 4 fully saturated rings. The molecule has 0 aromatic carbocycles. The Hall–Kier alpha value is -0.910. The van der Waals surface area contributed by atoms with Crippen LogP contribution in [0.4, 0.5) is 0 Å². The first-order valence-corrected chi connectivity index (χ1v) is 10.9. The quantitative estimate of drug-likeness (QED) is 0.647. The molecule has 0 aromatic heterocycles. The van der Waals surface area contributed by atoms with E-state index in [0.717, 1.165) is 51.6 Å². The number of piperidine rings is 1. The summed E-state index contributed by atoms with van der Waals surface area (Å²) in [6.07, 6.45) is 6.46. The average molecular weight is 373 g/mol. The maximum Gasteiger partial charge on any atom is 0.307 e. The Morgan fingerprint density at radius 1 is 1.22 bits per heavy atom. The van der Waals surface area contributed by atoms with Crippen LogP contribution >= 0.6 is 0 Å². The summed E-state index contributed by atoms with van der Waals surface area (Å²) in [4.78, 5) is 14.6. The summed E-state index contributed by atoms with van der Waals surface area (Å²) < 4.78 is 0. The van der Waals surface area contributed by atoms with Gasteiger partial charge in [0.1, 0.15) is 5.72 Å². The van der Waals surface area contributed by atoms with Gasteiger partial charge in [0.05, 0.1) is 12.5 Å². The number of hydrogen-bond acceptors (Lipinski definition) is 4. The predicted molar refractivity (Wildman–Crippen MR) is 98.6 cm³/mol. The van der Waals surface area contributed by atoms with E-state index in [0.29, 0.717) is 18.3 Å². The molecular weight excluding hydrogens is 342 g/mol. The molecule has 6 rings (SSSR count). The van der Waals surface area contributed by atoms with Crippen LogP contribution in [0, 0.1) is 40.4 Å². The average Bonchev–Trinajstić information content (AvgIpc) is 3.25. The summed E-state index contributed by atoms with van der Waals surface area (Å²) in [6.45, 7) is 4.12. The van der Waals surface area contributed by atoms with E-state index in [9.17, 15) is 20.1 Å². The zero-order chi connectivity index (χ0) is 18.8. The van der Waals surface area contributed by atoms with Crippen molar-refractivity contribution in [3.63, 3.8) is 0 Å². The first kappa shape index (κ1) is 17.0. The molecule has 5 nitrogen and oxygen atoms in total. The highest BCUT2D eigenvalue weighted by Gasteiger charge is 2.81. The fourth-order valence-electron chi connectivity index (χ4n) is 9.39. The van der Waals surface area contributed by atoms with Crippen molar-refractivity contribution >= 4 is 5.97 Å². The van der Waals surface area contributed by atoms with E-state index in [-0.39, 0.29) is 23.9 Å². The Bertz CT molecular complexity index is 763. The number of nitrogens with zero attached hydrogens (tertiary/aromatic N) is 1. The summed E-state index contributed by atoms with van der Waals surface area (Å²) in [7, 11) is 0. The summed E-state index contributed by atoms with van der Waals surface area (Å²) >= 11 is 0. The van der Waals surface area contributed by atoms with E-state index in [1.807, 2.05) is 0 Å². The number of carbonyl (C=O) groups is 1. The fraction of sp³-hybridized carbons (Fsp3) is 0.864. The smallest absolute Gasteiger partial charge is 0.307 e. The number of aliphatic hydroxyl groups excluding tert-OH is 1. The van der Waals surface area contributed by atoms with Gasteiger partial charge in [-0.25, -0.2) is 0 Å². The molecule has 1 spiro atoms. The summed E-state index contributed by atoms with van der Waals surface area (Å²) in [5.74, 6) is -0.0637. The van der Waals surface area contributed by atoms with Crippen LogP contribution in [0.3, 0.4) is 0 Å². The summed E-state index contributed by atoms with van der Waals surface area (Å²) in [5.41, 5.74) is 0.878. The predicted octanol–water partition coefficient (Wildman–Crippen LogP) is 2.24. The standard InChI is InChI=1S/C22H31NO4/c1-12-9-23-10-14-4-2-13-3-5-15-16(19(25)26)8-21(18(13)15)20(14,11-24)7-6-17(12)22(21,23)27/h12,14-17,24,27H,2-11H2,1H3,(H,25,26)/t12-,14-,15-,16-,17-,20-,21-,22+/m1/s1. The molecule has 4 bridgehead atoms. The zero-order valence-corrected chi connectivity index (χ0v) is 16.2. The SMILES string of the molecule is C[C@@H]1CN2C[C@H]3CCC4=C5[C@H](CC4)[C@H](C(=O)O)C[C@]54[C@@]3(CO)CC[C@H]1[C@@]24O. The van der Waals surface area contributed by atoms with Gasteiger partial charge in [0, 0.05) is 29.8 Å². The van der Waals surface area contributed by atoms with Crippen molar-refractivity contribution in [1.82, 2.24) is 4.90 Å². The van der Waals surface area contributed by atoms with Crippen LogP contribution in [0.15, 0.2) is 11.1 Å². The molecule has 5 heteroatoms. The molecule has 0 unspecified atom stereocenters. The molecule has 0 aromatic rings. The lowest BCUT2D eigenvalue weighted by atomic mass is 9.42. The van der Waals surface area contributed by atoms with Gasteiger partial charge in [-0.2, -0.15) is 0 Å². The van der Waals surface area contributed by atoms with E-state index in [4.69, 9.17) is 0 Å². The third-order valence-electron chi connectivity index (χ3n) is 10.2. The number of carboxylic acid groups (broad SMARTS) is 1. The number of allylic oxidation sites excluding steroid dienone is 1. The topological polar surface area (TPSA) is 81.0 Å². The molecule has 2 aliphatic heterocycles. The van der Waals surface area contributed by atoms with Crippen LogP contribution in [-0.4, -0.2) is 51.6 Å². The van der Waals surface area contributed by atoms with Gasteiger partial charge >= 0.3 is 5.97 Å². The van der Waals surface area contributed by atoms with Crippen molar-refractivity contribution in [3.05, 3.63) is 11.1 Å². The number of carboxylic acids is 1. The lowest BCUT2D eigenvalue weighted by molar-refractivity contribution is -0.305. The third kappa shape index (κ3) is 1.54. The summed E-state index contributed by atoms with van der Waals surface area (Å²) in [5, 5.41) is 33.4. The van der Waals surface area contributed by atoms with Crippen LogP contribution in [0.25, 0.3) is 0 Å². The van der Waals surface area contributed by atoms with Gasteiger partial charge in [-0.15, -0.1) is 0 Å². The van der Waals surface area contributed by atoms with Crippen molar-refractivity contribution in [1.29, 1.82) is 0 Å². The number of aliphatic hydroxyl groups is 2. The number of rotatable bonds is 2. The molecule has 27 heavy (non-hydrogen) atoms. The molecule has 2 saturated heterocycles. The minimum atomic E-state index is -0.971. The fourth-order valence-corrected chi connectivity index (χ4v) is 9.39. The highest BCUT2D eigenvalue weighted by molar-refractivity contribution is 5.73. The summed E-state index contributed by atoms with van der Waals surface area (Å²) in [6, 6.07) is 0. The normalized spacial score (nSPS) is 55.6. The van der Waals surface area contributed by atoms with E-state index in [2.05, 4.69) is 11.8 Å². The van der Waals surface area contributed by atoms with Gasteiger partial charge in [-0.1, -0.05) is 18.1 Å². The molecule has 0 radical (unpaired) electrons. The molecule has 8 atom stereocenters.